The van der Waals surface area contributed by atoms with Crippen molar-refractivity contribution in [3.63, 3.8) is 0 Å². The molecular formula is C14H17N3O. The maximum Gasteiger partial charge on any atom is 0.207 e. The summed E-state index contributed by atoms with van der Waals surface area (Å²) in [6.45, 7) is 6.48. The third-order valence-corrected chi connectivity index (χ3v) is 3.22. The van der Waals surface area contributed by atoms with Crippen LogP contribution in [0.15, 0.2) is 24.4 Å². The minimum Gasteiger partial charge on any atom is -0.372 e. The van der Waals surface area contributed by atoms with Crippen LogP contribution in [0.3, 0.4) is 0 Å². The Hall–Kier alpha value is -1.81. The number of nitrogens with one attached hydrogen (secondary N) is 1. The fourth-order valence-corrected chi connectivity index (χ4v) is 2.27. The van der Waals surface area contributed by atoms with Gasteiger partial charge in [0.05, 0.1) is 18.9 Å². The van der Waals surface area contributed by atoms with Crippen molar-refractivity contribution in [3.8, 4) is 0 Å². The van der Waals surface area contributed by atoms with E-state index in [4.69, 9.17) is 4.74 Å². The monoisotopic (exact) mass is 243 g/mol. The number of hydrogen-bond acceptors (Lipinski definition) is 3. The molecule has 1 aliphatic rings. The lowest BCUT2D eigenvalue weighted by molar-refractivity contribution is 0.134. The predicted octanol–water partition coefficient (Wildman–Crippen LogP) is 2.99. The molecule has 0 aliphatic carbocycles. The summed E-state index contributed by atoms with van der Waals surface area (Å²) in [5.74, 6) is 0.897. The van der Waals surface area contributed by atoms with Gasteiger partial charge in [0.25, 0.3) is 0 Å². The summed E-state index contributed by atoms with van der Waals surface area (Å²) in [4.78, 5) is 4.49. The van der Waals surface area contributed by atoms with Gasteiger partial charge in [0.1, 0.15) is 0 Å². The third kappa shape index (κ3) is 1.99. The second kappa shape index (κ2) is 4.46. The number of imidazole rings is 1. The van der Waals surface area contributed by atoms with Gasteiger partial charge in [-0.25, -0.2) is 4.98 Å². The van der Waals surface area contributed by atoms with Crippen LogP contribution in [-0.4, -0.2) is 9.55 Å². The van der Waals surface area contributed by atoms with Crippen molar-refractivity contribution < 1.29 is 4.74 Å². The van der Waals surface area contributed by atoms with E-state index in [1.54, 1.807) is 0 Å². The Balaban J connectivity index is 1.87. The molecule has 1 N–H and O–H groups in total. The lowest BCUT2D eigenvalue weighted by atomic mass is 10.1. The van der Waals surface area contributed by atoms with Gasteiger partial charge in [-0.15, -0.1) is 0 Å². The molecule has 2 aromatic rings. The van der Waals surface area contributed by atoms with E-state index in [-0.39, 0.29) is 0 Å². The van der Waals surface area contributed by atoms with Crippen molar-refractivity contribution >= 4 is 11.6 Å². The number of fused-ring (bicyclic) bond motifs is 1. The Labute approximate surface area is 107 Å². The third-order valence-electron chi connectivity index (χ3n) is 3.22. The van der Waals surface area contributed by atoms with Crippen molar-refractivity contribution in [1.29, 1.82) is 0 Å². The van der Waals surface area contributed by atoms with Gasteiger partial charge in [-0.05, 0) is 37.1 Å². The molecule has 1 aromatic carbocycles. The van der Waals surface area contributed by atoms with Gasteiger partial charge in [0.2, 0.25) is 5.95 Å². The van der Waals surface area contributed by atoms with Gasteiger partial charge in [0.15, 0.2) is 0 Å². The smallest absolute Gasteiger partial charge is 0.207 e. The Bertz CT molecular complexity index is 574. The number of aryl methyl sites for hydroxylation is 2. The molecule has 0 unspecified atom stereocenters. The molecule has 18 heavy (non-hydrogen) atoms. The van der Waals surface area contributed by atoms with Gasteiger partial charge < -0.3 is 14.6 Å². The van der Waals surface area contributed by atoms with Crippen LogP contribution >= 0.6 is 0 Å². The van der Waals surface area contributed by atoms with E-state index in [1.807, 2.05) is 6.92 Å². The van der Waals surface area contributed by atoms with Crippen LogP contribution < -0.4 is 5.32 Å². The van der Waals surface area contributed by atoms with Crippen molar-refractivity contribution in [1.82, 2.24) is 9.55 Å². The second-order valence-electron chi connectivity index (χ2n) is 4.59. The zero-order valence-corrected chi connectivity index (χ0v) is 10.7. The standard InChI is InChI=1S/C14H17N3O/c1-3-17-7-10(2)15-14(17)16-13-5-4-11-8-18-9-12(11)6-13/h4-7H,3,8-9H2,1-2H3,(H,15,16). The first-order valence-corrected chi connectivity index (χ1v) is 6.26. The topological polar surface area (TPSA) is 39.1 Å². The zero-order chi connectivity index (χ0) is 12.5. The largest absolute Gasteiger partial charge is 0.372 e. The Morgan fingerprint density at radius 1 is 1.33 bits per heavy atom. The molecule has 1 aliphatic heterocycles. The maximum absolute atomic E-state index is 5.42. The number of nitrogens with zero attached hydrogens (tertiary/aromatic N) is 2. The van der Waals surface area contributed by atoms with E-state index >= 15 is 0 Å². The molecule has 4 nitrogen and oxygen atoms in total. The molecule has 0 bridgehead atoms. The lowest BCUT2D eigenvalue weighted by Gasteiger charge is -2.08. The first-order valence-electron chi connectivity index (χ1n) is 6.26. The molecule has 94 valence electrons. The average Bonchev–Trinajstić information content (AvgIpc) is 2.95. The second-order valence-corrected chi connectivity index (χ2v) is 4.59. The van der Waals surface area contributed by atoms with Crippen LogP contribution in [0.5, 0.6) is 0 Å². The highest BCUT2D eigenvalue weighted by Crippen LogP contribution is 2.25. The molecule has 0 atom stereocenters. The summed E-state index contributed by atoms with van der Waals surface area (Å²) in [5, 5.41) is 3.37. The molecule has 0 spiro atoms. The van der Waals surface area contributed by atoms with E-state index in [0.717, 1.165) is 30.5 Å². The highest BCUT2D eigenvalue weighted by molar-refractivity contribution is 5.56. The summed E-state index contributed by atoms with van der Waals surface area (Å²) in [5.41, 5.74) is 4.66. The zero-order valence-electron chi connectivity index (χ0n) is 10.7. The summed E-state index contributed by atoms with van der Waals surface area (Å²) in [6.07, 6.45) is 2.05. The average molecular weight is 243 g/mol. The molecule has 2 heterocycles. The first kappa shape index (κ1) is 11.3. The summed E-state index contributed by atoms with van der Waals surface area (Å²) < 4.78 is 7.53. The fourth-order valence-electron chi connectivity index (χ4n) is 2.27. The number of aromatic nitrogens is 2. The summed E-state index contributed by atoms with van der Waals surface area (Å²) >= 11 is 0. The molecule has 0 radical (unpaired) electrons. The van der Waals surface area contributed by atoms with Crippen LogP contribution in [0.25, 0.3) is 0 Å². The lowest BCUT2D eigenvalue weighted by Crippen LogP contribution is -2.01. The molecule has 4 heteroatoms. The first-order chi connectivity index (χ1) is 8.76. The van der Waals surface area contributed by atoms with E-state index in [0.29, 0.717) is 6.61 Å². The van der Waals surface area contributed by atoms with Crippen LogP contribution in [0.1, 0.15) is 23.7 Å². The molecule has 1 aromatic heterocycles. The van der Waals surface area contributed by atoms with E-state index in [9.17, 15) is 0 Å². The predicted molar refractivity (Wildman–Crippen MR) is 70.9 cm³/mol. The van der Waals surface area contributed by atoms with Crippen molar-refractivity contribution in [2.45, 2.75) is 33.6 Å². The minimum absolute atomic E-state index is 0.714. The Morgan fingerprint density at radius 3 is 3.00 bits per heavy atom. The quantitative estimate of drug-likeness (QED) is 0.900. The van der Waals surface area contributed by atoms with Crippen LogP contribution in [0, 0.1) is 6.92 Å². The van der Waals surface area contributed by atoms with Gasteiger partial charge in [0, 0.05) is 18.4 Å². The SMILES string of the molecule is CCn1cc(C)nc1Nc1ccc2c(c1)COC2. The fraction of sp³-hybridized carbons (Fsp3) is 0.357. The summed E-state index contributed by atoms with van der Waals surface area (Å²) in [7, 11) is 0. The molecular weight excluding hydrogens is 226 g/mol. The Kier molecular flexibility index (Phi) is 2.80. The highest BCUT2D eigenvalue weighted by atomic mass is 16.5. The molecule has 0 saturated carbocycles. The number of anilines is 2. The van der Waals surface area contributed by atoms with Crippen LogP contribution in [-0.2, 0) is 24.5 Å². The number of hydrogen-bond donors (Lipinski definition) is 1. The number of rotatable bonds is 3. The van der Waals surface area contributed by atoms with Crippen LogP contribution in [0.2, 0.25) is 0 Å². The minimum atomic E-state index is 0.714. The Morgan fingerprint density at radius 2 is 2.17 bits per heavy atom. The van der Waals surface area contributed by atoms with Crippen molar-refractivity contribution in [3.05, 3.63) is 41.2 Å². The van der Waals surface area contributed by atoms with Crippen molar-refractivity contribution in [2.24, 2.45) is 0 Å². The van der Waals surface area contributed by atoms with Crippen molar-refractivity contribution in [2.75, 3.05) is 5.32 Å². The van der Waals surface area contributed by atoms with Gasteiger partial charge in [-0.3, -0.25) is 0 Å². The highest BCUT2D eigenvalue weighted by Gasteiger charge is 2.12. The molecule has 3 rings (SSSR count). The summed E-state index contributed by atoms with van der Waals surface area (Å²) in [6, 6.07) is 6.35. The normalized spacial score (nSPS) is 13.7. The number of benzene rings is 1. The van der Waals surface area contributed by atoms with E-state index in [1.165, 1.54) is 11.1 Å². The number of ether oxygens (including phenoxy) is 1. The van der Waals surface area contributed by atoms with Gasteiger partial charge in [-0.1, -0.05) is 6.07 Å². The van der Waals surface area contributed by atoms with Crippen LogP contribution in [0.4, 0.5) is 11.6 Å². The van der Waals surface area contributed by atoms with E-state index in [2.05, 4.69) is 46.2 Å². The molecule has 0 fully saturated rings. The maximum atomic E-state index is 5.42. The van der Waals surface area contributed by atoms with E-state index < -0.39 is 0 Å². The molecule has 0 amide bonds. The van der Waals surface area contributed by atoms with Gasteiger partial charge >= 0.3 is 0 Å². The van der Waals surface area contributed by atoms with Gasteiger partial charge in [-0.2, -0.15) is 0 Å². The molecule has 0 saturated heterocycles.